The summed E-state index contributed by atoms with van der Waals surface area (Å²) in [6.45, 7) is 0.937. The van der Waals surface area contributed by atoms with Crippen LogP contribution in [0.4, 0.5) is 4.39 Å². The first-order chi connectivity index (χ1) is 8.22. The van der Waals surface area contributed by atoms with Crippen molar-refractivity contribution in [1.29, 1.82) is 0 Å². The van der Waals surface area contributed by atoms with Crippen molar-refractivity contribution in [3.8, 4) is 5.75 Å². The number of methoxy groups -OCH3 is 1. The number of benzene rings is 1. The number of nitrogens with one attached hydrogen (secondary N) is 1. The normalized spacial score (nSPS) is 19.3. The molecule has 0 aliphatic carbocycles. The van der Waals surface area contributed by atoms with Crippen LogP contribution in [0.25, 0.3) is 0 Å². The number of Topliss-reactive ketones (excluding diaryl/α,β-unsaturated/α-hetero) is 1. The summed E-state index contributed by atoms with van der Waals surface area (Å²) >= 11 is 0. The van der Waals surface area contributed by atoms with Gasteiger partial charge in [0.2, 0.25) is 0 Å². The van der Waals surface area contributed by atoms with Gasteiger partial charge in [-0.15, -0.1) is 0 Å². The predicted octanol–water partition coefficient (Wildman–Crippen LogP) is 2.16. The number of hydrogen-bond acceptors (Lipinski definition) is 3. The topological polar surface area (TPSA) is 38.3 Å². The predicted molar refractivity (Wildman–Crippen MR) is 62.9 cm³/mol. The number of hydrogen-bond donors (Lipinski definition) is 1. The minimum atomic E-state index is -0.507. The molecule has 2 rings (SSSR count). The highest BCUT2D eigenvalue weighted by Crippen LogP contribution is 2.24. The lowest BCUT2D eigenvalue weighted by Gasteiger charge is -2.12. The van der Waals surface area contributed by atoms with Gasteiger partial charge in [0.05, 0.1) is 12.7 Å². The molecule has 4 heteroatoms. The Bertz CT molecular complexity index is 414. The van der Waals surface area contributed by atoms with Crippen molar-refractivity contribution in [2.75, 3.05) is 13.7 Å². The lowest BCUT2D eigenvalue weighted by atomic mass is 10.0. The molecule has 17 heavy (non-hydrogen) atoms. The van der Waals surface area contributed by atoms with Crippen LogP contribution in [0.15, 0.2) is 18.2 Å². The number of rotatable bonds is 4. The number of halogens is 1. The standard InChI is InChI=1S/C13H16FNO2/c1-17-12-6-2-5-10(14)13(12)11(16)8-9-4-3-7-15-9/h2,5-6,9,15H,3-4,7-8H2,1H3. The summed E-state index contributed by atoms with van der Waals surface area (Å²) in [6, 6.07) is 4.61. The Kier molecular flexibility index (Phi) is 3.74. The minimum Gasteiger partial charge on any atom is -0.496 e. The summed E-state index contributed by atoms with van der Waals surface area (Å²) in [5.74, 6) is -0.389. The van der Waals surface area contributed by atoms with Crippen molar-refractivity contribution in [2.45, 2.75) is 25.3 Å². The van der Waals surface area contributed by atoms with Crippen LogP contribution in [0.1, 0.15) is 29.6 Å². The lowest BCUT2D eigenvalue weighted by Crippen LogP contribution is -2.25. The second kappa shape index (κ2) is 5.27. The zero-order valence-corrected chi connectivity index (χ0v) is 9.83. The zero-order chi connectivity index (χ0) is 12.3. The van der Waals surface area contributed by atoms with Gasteiger partial charge in [0.15, 0.2) is 5.78 Å². The third-order valence-electron chi connectivity index (χ3n) is 3.07. The van der Waals surface area contributed by atoms with Crippen LogP contribution in [0.2, 0.25) is 0 Å². The van der Waals surface area contributed by atoms with Crippen molar-refractivity contribution in [2.24, 2.45) is 0 Å². The maximum Gasteiger partial charge on any atom is 0.171 e. The highest BCUT2D eigenvalue weighted by molar-refractivity contribution is 5.99. The molecule has 0 spiro atoms. The molecule has 1 fully saturated rings. The van der Waals surface area contributed by atoms with Gasteiger partial charge in [-0.05, 0) is 31.5 Å². The lowest BCUT2D eigenvalue weighted by molar-refractivity contribution is 0.0964. The van der Waals surface area contributed by atoms with Crippen molar-refractivity contribution in [3.63, 3.8) is 0 Å². The van der Waals surface area contributed by atoms with E-state index in [4.69, 9.17) is 4.74 Å². The first-order valence-corrected chi connectivity index (χ1v) is 5.81. The minimum absolute atomic E-state index is 0.0729. The van der Waals surface area contributed by atoms with Crippen LogP contribution in [-0.4, -0.2) is 25.5 Å². The van der Waals surface area contributed by atoms with Gasteiger partial charge in [0, 0.05) is 12.5 Å². The Morgan fingerprint density at radius 3 is 3.06 bits per heavy atom. The van der Waals surface area contributed by atoms with Gasteiger partial charge >= 0.3 is 0 Å². The molecular weight excluding hydrogens is 221 g/mol. The van der Waals surface area contributed by atoms with Crippen molar-refractivity contribution < 1.29 is 13.9 Å². The first kappa shape index (κ1) is 12.0. The zero-order valence-electron chi connectivity index (χ0n) is 9.83. The Morgan fingerprint density at radius 1 is 1.59 bits per heavy atom. The van der Waals surface area contributed by atoms with E-state index in [2.05, 4.69) is 5.32 Å². The van der Waals surface area contributed by atoms with Gasteiger partial charge in [0.25, 0.3) is 0 Å². The fourth-order valence-electron chi connectivity index (χ4n) is 2.20. The van der Waals surface area contributed by atoms with E-state index in [0.717, 1.165) is 19.4 Å². The molecule has 0 amide bonds. The summed E-state index contributed by atoms with van der Waals surface area (Å²) in [5.41, 5.74) is 0.0729. The SMILES string of the molecule is COc1cccc(F)c1C(=O)CC1CCCN1. The van der Waals surface area contributed by atoms with E-state index in [9.17, 15) is 9.18 Å². The highest BCUT2D eigenvalue weighted by atomic mass is 19.1. The fourth-order valence-corrected chi connectivity index (χ4v) is 2.20. The molecule has 0 bridgehead atoms. The average molecular weight is 237 g/mol. The van der Waals surface area contributed by atoms with E-state index in [1.165, 1.54) is 13.2 Å². The summed E-state index contributed by atoms with van der Waals surface area (Å²) in [5, 5.41) is 3.23. The van der Waals surface area contributed by atoms with Gasteiger partial charge in [0.1, 0.15) is 11.6 Å². The molecule has 1 aliphatic rings. The molecular formula is C13H16FNO2. The molecule has 0 saturated carbocycles. The maximum absolute atomic E-state index is 13.6. The molecule has 1 saturated heterocycles. The number of ether oxygens (including phenoxy) is 1. The van der Waals surface area contributed by atoms with E-state index in [1.54, 1.807) is 12.1 Å². The van der Waals surface area contributed by atoms with Gasteiger partial charge in [-0.2, -0.15) is 0 Å². The molecule has 1 unspecified atom stereocenters. The quantitative estimate of drug-likeness (QED) is 0.815. The van der Waals surface area contributed by atoms with Gasteiger partial charge in [-0.25, -0.2) is 4.39 Å². The van der Waals surface area contributed by atoms with Crippen LogP contribution < -0.4 is 10.1 Å². The van der Waals surface area contributed by atoms with E-state index in [-0.39, 0.29) is 17.4 Å². The highest BCUT2D eigenvalue weighted by Gasteiger charge is 2.23. The molecule has 1 heterocycles. The summed E-state index contributed by atoms with van der Waals surface area (Å²) in [4.78, 5) is 12.0. The van der Waals surface area contributed by atoms with Gasteiger partial charge in [-0.3, -0.25) is 4.79 Å². The molecule has 1 aromatic carbocycles. The van der Waals surface area contributed by atoms with E-state index >= 15 is 0 Å². The smallest absolute Gasteiger partial charge is 0.171 e. The average Bonchev–Trinajstić information content (AvgIpc) is 2.81. The van der Waals surface area contributed by atoms with Crippen LogP contribution in [-0.2, 0) is 0 Å². The van der Waals surface area contributed by atoms with E-state index in [0.29, 0.717) is 12.2 Å². The molecule has 92 valence electrons. The van der Waals surface area contributed by atoms with Crippen LogP contribution in [0.3, 0.4) is 0 Å². The Hall–Kier alpha value is -1.42. The van der Waals surface area contributed by atoms with Crippen molar-refractivity contribution >= 4 is 5.78 Å². The van der Waals surface area contributed by atoms with Crippen LogP contribution in [0, 0.1) is 5.82 Å². The van der Waals surface area contributed by atoms with Gasteiger partial charge < -0.3 is 10.1 Å². The molecule has 3 nitrogen and oxygen atoms in total. The second-order valence-electron chi connectivity index (χ2n) is 4.24. The van der Waals surface area contributed by atoms with Crippen LogP contribution in [0.5, 0.6) is 5.75 Å². The molecule has 1 aliphatic heterocycles. The Balaban J connectivity index is 2.17. The van der Waals surface area contributed by atoms with Crippen molar-refractivity contribution in [3.05, 3.63) is 29.6 Å². The van der Waals surface area contributed by atoms with Gasteiger partial charge in [-0.1, -0.05) is 6.07 Å². The second-order valence-corrected chi connectivity index (χ2v) is 4.24. The maximum atomic E-state index is 13.6. The summed E-state index contributed by atoms with van der Waals surface area (Å²) < 4.78 is 18.7. The third-order valence-corrected chi connectivity index (χ3v) is 3.07. The third kappa shape index (κ3) is 2.64. The van der Waals surface area contributed by atoms with E-state index < -0.39 is 5.82 Å². The monoisotopic (exact) mass is 237 g/mol. The fraction of sp³-hybridized carbons (Fsp3) is 0.462. The van der Waals surface area contributed by atoms with Crippen molar-refractivity contribution in [1.82, 2.24) is 5.32 Å². The summed E-state index contributed by atoms with van der Waals surface area (Å²) in [7, 11) is 1.44. The number of carbonyl (C=O) groups is 1. The summed E-state index contributed by atoms with van der Waals surface area (Å²) in [6.07, 6.45) is 2.38. The molecule has 1 aromatic rings. The number of ketones is 1. The number of carbonyl (C=O) groups excluding carboxylic acids is 1. The Labute approximate surface area is 100.0 Å². The Morgan fingerprint density at radius 2 is 2.41 bits per heavy atom. The molecule has 1 N–H and O–H groups in total. The molecule has 0 radical (unpaired) electrons. The van der Waals surface area contributed by atoms with E-state index in [1.807, 2.05) is 0 Å². The van der Waals surface area contributed by atoms with Crippen LogP contribution >= 0.6 is 0 Å². The molecule has 0 aromatic heterocycles. The largest absolute Gasteiger partial charge is 0.496 e. The molecule has 1 atom stereocenters. The first-order valence-electron chi connectivity index (χ1n) is 5.81.